The van der Waals surface area contributed by atoms with Crippen molar-refractivity contribution in [2.75, 3.05) is 11.9 Å². The Morgan fingerprint density at radius 3 is 2.85 bits per heavy atom. The lowest BCUT2D eigenvalue weighted by Crippen LogP contribution is -2.16. The maximum Gasteiger partial charge on any atom is 0.273 e. The SMILES string of the molecule is Cc1cc(C#CCO)ccc1NC(=O)c1ccnn1C. The van der Waals surface area contributed by atoms with Gasteiger partial charge < -0.3 is 10.4 Å². The first-order chi connectivity index (χ1) is 9.61. The summed E-state index contributed by atoms with van der Waals surface area (Å²) in [5, 5.41) is 15.5. The van der Waals surface area contributed by atoms with Crippen LogP contribution in [-0.2, 0) is 7.05 Å². The zero-order chi connectivity index (χ0) is 14.5. The van der Waals surface area contributed by atoms with Crippen molar-refractivity contribution in [3.05, 3.63) is 47.3 Å². The lowest BCUT2D eigenvalue weighted by molar-refractivity contribution is 0.101. The maximum atomic E-state index is 12.1. The number of hydrogen-bond acceptors (Lipinski definition) is 3. The van der Waals surface area contributed by atoms with Crippen molar-refractivity contribution in [1.29, 1.82) is 0 Å². The zero-order valence-corrected chi connectivity index (χ0v) is 11.3. The molecule has 0 aliphatic heterocycles. The molecule has 0 fully saturated rings. The normalized spacial score (nSPS) is 9.75. The molecule has 0 saturated heterocycles. The minimum absolute atomic E-state index is 0.169. The summed E-state index contributed by atoms with van der Waals surface area (Å²) in [6.07, 6.45) is 1.58. The van der Waals surface area contributed by atoms with E-state index in [0.717, 1.165) is 16.8 Å². The van der Waals surface area contributed by atoms with E-state index in [2.05, 4.69) is 22.3 Å². The Labute approximate surface area is 117 Å². The van der Waals surface area contributed by atoms with Gasteiger partial charge in [0.1, 0.15) is 12.3 Å². The van der Waals surface area contributed by atoms with Gasteiger partial charge >= 0.3 is 0 Å². The van der Waals surface area contributed by atoms with Crippen molar-refractivity contribution in [3.63, 3.8) is 0 Å². The van der Waals surface area contributed by atoms with E-state index >= 15 is 0 Å². The van der Waals surface area contributed by atoms with Crippen LogP contribution >= 0.6 is 0 Å². The van der Waals surface area contributed by atoms with Gasteiger partial charge in [0.2, 0.25) is 0 Å². The molecule has 1 aromatic heterocycles. The molecule has 2 rings (SSSR count). The summed E-state index contributed by atoms with van der Waals surface area (Å²) in [7, 11) is 1.72. The van der Waals surface area contributed by atoms with E-state index in [1.165, 1.54) is 4.68 Å². The maximum absolute atomic E-state index is 12.1. The first-order valence-electron chi connectivity index (χ1n) is 6.11. The average Bonchev–Trinajstić information content (AvgIpc) is 2.85. The molecule has 1 heterocycles. The monoisotopic (exact) mass is 269 g/mol. The molecule has 102 valence electrons. The summed E-state index contributed by atoms with van der Waals surface area (Å²) in [6.45, 7) is 1.72. The second-order valence-electron chi connectivity index (χ2n) is 4.28. The molecule has 5 nitrogen and oxygen atoms in total. The fraction of sp³-hybridized carbons (Fsp3) is 0.200. The molecule has 20 heavy (non-hydrogen) atoms. The van der Waals surface area contributed by atoms with Crippen LogP contribution in [-0.4, -0.2) is 27.4 Å². The van der Waals surface area contributed by atoms with Gasteiger partial charge in [-0.15, -0.1) is 0 Å². The van der Waals surface area contributed by atoms with Gasteiger partial charge in [-0.3, -0.25) is 9.48 Å². The summed E-state index contributed by atoms with van der Waals surface area (Å²) < 4.78 is 1.52. The molecule has 5 heteroatoms. The van der Waals surface area contributed by atoms with E-state index < -0.39 is 0 Å². The highest BCUT2D eigenvalue weighted by molar-refractivity contribution is 6.03. The number of anilines is 1. The van der Waals surface area contributed by atoms with Gasteiger partial charge in [0, 0.05) is 24.5 Å². The molecule has 0 atom stereocenters. The number of aromatic nitrogens is 2. The summed E-state index contributed by atoms with van der Waals surface area (Å²) in [4.78, 5) is 12.1. The van der Waals surface area contributed by atoms with Crippen LogP contribution in [0.15, 0.2) is 30.5 Å². The van der Waals surface area contributed by atoms with Crippen LogP contribution in [0, 0.1) is 18.8 Å². The second-order valence-corrected chi connectivity index (χ2v) is 4.28. The molecular weight excluding hydrogens is 254 g/mol. The number of aryl methyl sites for hydroxylation is 2. The lowest BCUT2D eigenvalue weighted by atomic mass is 10.1. The van der Waals surface area contributed by atoms with Gasteiger partial charge in [-0.1, -0.05) is 11.8 Å². The number of nitrogens with zero attached hydrogens (tertiary/aromatic N) is 2. The van der Waals surface area contributed by atoms with Crippen LogP contribution in [0.2, 0.25) is 0 Å². The summed E-state index contributed by atoms with van der Waals surface area (Å²) in [5.41, 5.74) is 2.93. The van der Waals surface area contributed by atoms with Crippen molar-refractivity contribution in [1.82, 2.24) is 9.78 Å². The lowest BCUT2D eigenvalue weighted by Gasteiger charge is -2.08. The number of carbonyl (C=O) groups excluding carboxylic acids is 1. The largest absolute Gasteiger partial charge is 0.384 e. The summed E-state index contributed by atoms with van der Waals surface area (Å²) in [6, 6.07) is 7.12. The predicted octanol–water partition coefficient (Wildman–Crippen LogP) is 1.32. The fourth-order valence-corrected chi connectivity index (χ4v) is 1.81. The molecule has 0 unspecified atom stereocenters. The Morgan fingerprint density at radius 1 is 1.45 bits per heavy atom. The Morgan fingerprint density at radius 2 is 2.25 bits per heavy atom. The smallest absolute Gasteiger partial charge is 0.273 e. The average molecular weight is 269 g/mol. The highest BCUT2D eigenvalue weighted by Gasteiger charge is 2.11. The Bertz CT molecular complexity index is 693. The molecule has 1 amide bonds. The molecule has 0 saturated carbocycles. The number of hydrogen-bond donors (Lipinski definition) is 2. The number of nitrogens with one attached hydrogen (secondary N) is 1. The van der Waals surface area contributed by atoms with Crippen LogP contribution in [0.5, 0.6) is 0 Å². The van der Waals surface area contributed by atoms with E-state index in [0.29, 0.717) is 5.69 Å². The van der Waals surface area contributed by atoms with Crippen LogP contribution < -0.4 is 5.32 Å². The Hall–Kier alpha value is -2.58. The molecule has 0 bridgehead atoms. The minimum atomic E-state index is -0.206. The summed E-state index contributed by atoms with van der Waals surface area (Å²) in [5.74, 6) is 5.21. The third kappa shape index (κ3) is 3.05. The van der Waals surface area contributed by atoms with Gasteiger partial charge in [0.05, 0.1) is 0 Å². The van der Waals surface area contributed by atoms with E-state index in [4.69, 9.17) is 5.11 Å². The van der Waals surface area contributed by atoms with Crippen molar-refractivity contribution in [2.45, 2.75) is 6.92 Å². The molecule has 0 aliphatic carbocycles. The minimum Gasteiger partial charge on any atom is -0.384 e. The first-order valence-corrected chi connectivity index (χ1v) is 6.11. The number of benzene rings is 1. The number of amides is 1. The first kappa shape index (κ1) is 13.8. The van der Waals surface area contributed by atoms with E-state index in [-0.39, 0.29) is 12.5 Å². The molecule has 0 radical (unpaired) electrons. The van der Waals surface area contributed by atoms with Gasteiger partial charge in [0.25, 0.3) is 5.91 Å². The van der Waals surface area contributed by atoms with Crippen molar-refractivity contribution in [3.8, 4) is 11.8 Å². The third-order valence-electron chi connectivity index (χ3n) is 2.84. The van der Waals surface area contributed by atoms with Crippen LogP contribution in [0.3, 0.4) is 0 Å². The summed E-state index contributed by atoms with van der Waals surface area (Å²) >= 11 is 0. The van der Waals surface area contributed by atoms with Crippen molar-refractivity contribution >= 4 is 11.6 Å². The van der Waals surface area contributed by atoms with Gasteiger partial charge in [-0.25, -0.2) is 0 Å². The van der Waals surface area contributed by atoms with Gasteiger partial charge in [-0.05, 0) is 36.8 Å². The number of aliphatic hydroxyl groups is 1. The second kappa shape index (κ2) is 6.04. The Balaban J connectivity index is 2.18. The molecular formula is C15H15N3O2. The quantitative estimate of drug-likeness (QED) is 0.808. The molecule has 2 aromatic rings. The Kier molecular flexibility index (Phi) is 4.18. The molecule has 0 aliphatic rings. The standard InChI is InChI=1S/C15H15N3O2/c1-11-10-12(4-3-9-19)5-6-13(11)17-15(20)14-7-8-16-18(14)2/h5-8,10,19H,9H2,1-2H3,(H,17,20). The predicted molar refractivity (Wildman–Crippen MR) is 76.3 cm³/mol. The molecule has 2 N–H and O–H groups in total. The number of aliphatic hydroxyl groups excluding tert-OH is 1. The number of carbonyl (C=O) groups is 1. The fourth-order valence-electron chi connectivity index (χ4n) is 1.81. The molecule has 0 spiro atoms. The van der Waals surface area contributed by atoms with Crippen LogP contribution in [0.1, 0.15) is 21.6 Å². The third-order valence-corrected chi connectivity index (χ3v) is 2.84. The van der Waals surface area contributed by atoms with Crippen LogP contribution in [0.25, 0.3) is 0 Å². The molecule has 1 aromatic carbocycles. The zero-order valence-electron chi connectivity index (χ0n) is 11.3. The van der Waals surface area contributed by atoms with E-state index in [1.54, 1.807) is 31.4 Å². The van der Waals surface area contributed by atoms with Gasteiger partial charge in [-0.2, -0.15) is 5.10 Å². The topological polar surface area (TPSA) is 67.2 Å². The van der Waals surface area contributed by atoms with E-state index in [1.807, 2.05) is 13.0 Å². The van der Waals surface area contributed by atoms with Crippen molar-refractivity contribution in [2.24, 2.45) is 7.05 Å². The van der Waals surface area contributed by atoms with Crippen LogP contribution in [0.4, 0.5) is 5.69 Å². The number of rotatable bonds is 2. The highest BCUT2D eigenvalue weighted by Crippen LogP contribution is 2.17. The van der Waals surface area contributed by atoms with E-state index in [9.17, 15) is 4.79 Å². The van der Waals surface area contributed by atoms with Crippen molar-refractivity contribution < 1.29 is 9.90 Å². The highest BCUT2D eigenvalue weighted by atomic mass is 16.2. The van der Waals surface area contributed by atoms with Gasteiger partial charge in [0.15, 0.2) is 0 Å².